The highest BCUT2D eigenvalue weighted by Gasteiger charge is 2.42. The van der Waals surface area contributed by atoms with Gasteiger partial charge in [0.05, 0.1) is 5.92 Å². The zero-order valence-electron chi connectivity index (χ0n) is 10.3. The Hall–Kier alpha value is -0.740. The molecule has 17 heavy (non-hydrogen) atoms. The molecule has 1 aliphatic carbocycles. The second-order valence-corrected chi connectivity index (χ2v) is 4.92. The largest absolute Gasteiger partial charge is 0.391 e. The molecule has 100 valence electrons. The molecule has 1 amide bonds. The molecule has 0 radical (unpaired) electrons. The minimum absolute atomic E-state index is 0.0334. The number of hydrogen-bond acceptors (Lipinski definition) is 1. The fraction of sp³-hybridized carbons (Fsp3) is 0.917. The van der Waals surface area contributed by atoms with Crippen LogP contribution in [0.3, 0.4) is 0 Å². The Labute approximate surface area is 100.0 Å². The van der Waals surface area contributed by atoms with E-state index in [1.807, 2.05) is 6.92 Å². The van der Waals surface area contributed by atoms with Gasteiger partial charge in [0.25, 0.3) is 0 Å². The van der Waals surface area contributed by atoms with E-state index in [1.165, 1.54) is 0 Å². The molecular formula is C12H20F3NO. The van der Waals surface area contributed by atoms with Crippen molar-refractivity contribution in [1.82, 2.24) is 5.32 Å². The summed E-state index contributed by atoms with van der Waals surface area (Å²) >= 11 is 0. The zero-order valence-corrected chi connectivity index (χ0v) is 10.3. The van der Waals surface area contributed by atoms with Gasteiger partial charge in [0, 0.05) is 12.0 Å². The molecule has 3 unspecified atom stereocenters. The second-order valence-electron chi connectivity index (χ2n) is 4.92. The first-order valence-corrected chi connectivity index (χ1v) is 6.21. The van der Waals surface area contributed by atoms with E-state index in [0.717, 1.165) is 0 Å². The van der Waals surface area contributed by atoms with Gasteiger partial charge in [-0.25, -0.2) is 0 Å². The summed E-state index contributed by atoms with van der Waals surface area (Å²) in [6, 6.07) is -0.308. The van der Waals surface area contributed by atoms with E-state index in [4.69, 9.17) is 0 Å². The summed E-state index contributed by atoms with van der Waals surface area (Å²) in [5, 5.41) is 2.73. The maximum Gasteiger partial charge on any atom is 0.391 e. The van der Waals surface area contributed by atoms with Crippen LogP contribution in [0.25, 0.3) is 0 Å². The van der Waals surface area contributed by atoms with E-state index in [9.17, 15) is 18.0 Å². The van der Waals surface area contributed by atoms with Crippen LogP contribution in [0.4, 0.5) is 13.2 Å². The molecule has 1 fully saturated rings. The quantitative estimate of drug-likeness (QED) is 0.819. The normalized spacial score (nSPS) is 27.6. The number of carbonyl (C=O) groups excluding carboxylic acids is 1. The monoisotopic (exact) mass is 251 g/mol. The minimum Gasteiger partial charge on any atom is -0.353 e. The summed E-state index contributed by atoms with van der Waals surface area (Å²) in [5.74, 6) is -1.50. The first-order chi connectivity index (χ1) is 7.84. The van der Waals surface area contributed by atoms with Crippen molar-refractivity contribution in [3.8, 4) is 0 Å². The molecule has 0 aliphatic heterocycles. The van der Waals surface area contributed by atoms with Crippen LogP contribution in [-0.2, 0) is 4.79 Å². The van der Waals surface area contributed by atoms with E-state index in [2.05, 4.69) is 5.32 Å². The van der Waals surface area contributed by atoms with Gasteiger partial charge in [-0.2, -0.15) is 13.2 Å². The van der Waals surface area contributed by atoms with Crippen molar-refractivity contribution in [1.29, 1.82) is 0 Å². The van der Waals surface area contributed by atoms with Crippen molar-refractivity contribution in [2.24, 2.45) is 11.8 Å². The highest BCUT2D eigenvalue weighted by Crippen LogP contribution is 2.37. The maximum absolute atomic E-state index is 12.6. The highest BCUT2D eigenvalue weighted by atomic mass is 19.4. The van der Waals surface area contributed by atoms with Crippen molar-refractivity contribution in [3.63, 3.8) is 0 Å². The smallest absolute Gasteiger partial charge is 0.353 e. The summed E-state index contributed by atoms with van der Waals surface area (Å²) in [6.07, 6.45) is -1.99. The molecule has 3 atom stereocenters. The summed E-state index contributed by atoms with van der Waals surface area (Å²) in [6.45, 7) is 3.68. The Morgan fingerprint density at radius 2 is 2.06 bits per heavy atom. The maximum atomic E-state index is 12.6. The molecular weight excluding hydrogens is 231 g/mol. The summed E-state index contributed by atoms with van der Waals surface area (Å²) < 4.78 is 37.7. The molecule has 0 aromatic carbocycles. The van der Waals surface area contributed by atoms with E-state index in [0.29, 0.717) is 19.3 Å². The van der Waals surface area contributed by atoms with Crippen molar-refractivity contribution >= 4 is 5.91 Å². The standard InChI is InChI=1S/C12H20F3NO/c1-3-8(2)11(17)16-10-6-4-5-9(7-10)12(13,14)15/h8-10H,3-7H2,1-2H3,(H,16,17). The molecule has 1 N–H and O–H groups in total. The van der Waals surface area contributed by atoms with E-state index >= 15 is 0 Å². The van der Waals surface area contributed by atoms with Crippen molar-refractivity contribution in [2.75, 3.05) is 0 Å². The van der Waals surface area contributed by atoms with Gasteiger partial charge < -0.3 is 5.32 Å². The van der Waals surface area contributed by atoms with Crippen LogP contribution in [0.15, 0.2) is 0 Å². The Morgan fingerprint density at radius 3 is 2.59 bits per heavy atom. The van der Waals surface area contributed by atoms with Crippen LogP contribution in [0, 0.1) is 11.8 Å². The van der Waals surface area contributed by atoms with Gasteiger partial charge in [-0.05, 0) is 25.7 Å². The van der Waals surface area contributed by atoms with Crippen molar-refractivity contribution in [2.45, 2.75) is 58.2 Å². The Kier molecular flexibility index (Phi) is 4.83. The zero-order chi connectivity index (χ0) is 13.1. The molecule has 5 heteroatoms. The third-order valence-corrected chi connectivity index (χ3v) is 3.54. The number of rotatable bonds is 3. The number of hydrogen-bond donors (Lipinski definition) is 1. The van der Waals surface area contributed by atoms with Gasteiger partial charge in [0.1, 0.15) is 0 Å². The highest BCUT2D eigenvalue weighted by molar-refractivity contribution is 5.78. The van der Waals surface area contributed by atoms with Crippen LogP contribution in [-0.4, -0.2) is 18.1 Å². The summed E-state index contributed by atoms with van der Waals surface area (Å²) in [4.78, 5) is 11.6. The minimum atomic E-state index is -4.13. The molecule has 2 nitrogen and oxygen atoms in total. The number of alkyl halides is 3. The average Bonchev–Trinajstić information content (AvgIpc) is 2.27. The first-order valence-electron chi connectivity index (χ1n) is 6.21. The lowest BCUT2D eigenvalue weighted by Gasteiger charge is -2.31. The topological polar surface area (TPSA) is 29.1 Å². The molecule has 1 saturated carbocycles. The predicted octanol–water partition coefficient (Wildman–Crippen LogP) is 3.27. The van der Waals surface area contributed by atoms with Crippen LogP contribution in [0.5, 0.6) is 0 Å². The number of nitrogens with one attached hydrogen (secondary N) is 1. The van der Waals surface area contributed by atoms with Gasteiger partial charge in [-0.1, -0.05) is 20.3 Å². The molecule has 0 bridgehead atoms. The lowest BCUT2D eigenvalue weighted by Crippen LogP contribution is -2.43. The summed E-state index contributed by atoms with van der Waals surface area (Å²) in [7, 11) is 0. The lowest BCUT2D eigenvalue weighted by atomic mass is 9.85. The van der Waals surface area contributed by atoms with Crippen LogP contribution < -0.4 is 5.32 Å². The number of halogens is 3. The van der Waals surface area contributed by atoms with Gasteiger partial charge >= 0.3 is 6.18 Å². The van der Waals surface area contributed by atoms with Crippen molar-refractivity contribution in [3.05, 3.63) is 0 Å². The van der Waals surface area contributed by atoms with Gasteiger partial charge in [-0.3, -0.25) is 4.79 Å². The first kappa shape index (κ1) is 14.3. The number of amides is 1. The fourth-order valence-corrected chi connectivity index (χ4v) is 2.15. The van der Waals surface area contributed by atoms with Crippen LogP contribution >= 0.6 is 0 Å². The Balaban J connectivity index is 2.48. The SMILES string of the molecule is CCC(C)C(=O)NC1CCCC(C(F)(F)F)C1. The third kappa shape index (κ3) is 4.21. The summed E-state index contributed by atoms with van der Waals surface area (Å²) in [5.41, 5.74) is 0. The fourth-order valence-electron chi connectivity index (χ4n) is 2.15. The molecule has 1 rings (SSSR count). The Bertz CT molecular complexity index is 265. The third-order valence-electron chi connectivity index (χ3n) is 3.54. The van der Waals surface area contributed by atoms with Gasteiger partial charge in [-0.15, -0.1) is 0 Å². The van der Waals surface area contributed by atoms with Gasteiger partial charge in [0.15, 0.2) is 0 Å². The number of carbonyl (C=O) groups is 1. The molecule has 0 aromatic heterocycles. The molecule has 0 heterocycles. The Morgan fingerprint density at radius 1 is 1.41 bits per heavy atom. The second kappa shape index (κ2) is 5.74. The van der Waals surface area contributed by atoms with Gasteiger partial charge in [0.2, 0.25) is 5.91 Å². The van der Waals surface area contributed by atoms with Crippen LogP contribution in [0.2, 0.25) is 0 Å². The average molecular weight is 251 g/mol. The molecule has 0 aromatic rings. The molecule has 0 saturated heterocycles. The van der Waals surface area contributed by atoms with E-state index < -0.39 is 12.1 Å². The predicted molar refractivity (Wildman–Crippen MR) is 59.4 cm³/mol. The van der Waals surface area contributed by atoms with E-state index in [-0.39, 0.29) is 30.7 Å². The molecule has 1 aliphatic rings. The lowest BCUT2D eigenvalue weighted by molar-refractivity contribution is -0.184. The van der Waals surface area contributed by atoms with E-state index in [1.54, 1.807) is 6.92 Å². The van der Waals surface area contributed by atoms with Crippen molar-refractivity contribution < 1.29 is 18.0 Å². The van der Waals surface area contributed by atoms with Crippen LogP contribution in [0.1, 0.15) is 46.0 Å². The molecule has 0 spiro atoms.